The first-order chi connectivity index (χ1) is 14.5. The molecule has 0 fully saturated rings. The lowest BCUT2D eigenvalue weighted by atomic mass is 10.1. The van der Waals surface area contributed by atoms with Crippen LogP contribution >= 0.6 is 35.3 Å². The summed E-state index contributed by atoms with van der Waals surface area (Å²) in [6.45, 7) is 7.07. The Bertz CT molecular complexity index is 1050. The molecule has 0 aliphatic heterocycles. The summed E-state index contributed by atoms with van der Waals surface area (Å²) in [6.07, 6.45) is 0. The topological polar surface area (TPSA) is 62.7 Å². The van der Waals surface area contributed by atoms with E-state index >= 15 is 0 Å². The largest absolute Gasteiger partial charge is 0.465 e. The van der Waals surface area contributed by atoms with Gasteiger partial charge in [-0.15, -0.1) is 12.4 Å². The van der Waals surface area contributed by atoms with E-state index in [0.29, 0.717) is 28.8 Å². The maximum Gasteiger partial charge on any atom is 0.338 e. The standard InChI is InChI=1S/C22H24ClN3O3S.ClH/c1-4-25(5-2)12-13-26(22-24-18-11-10-15(23)14-19(18)30-22)20(27)16-8-6-7-9-17(16)21(28)29-3;/h6-11,14H,4-5,12-13H2,1-3H3;1H. The Morgan fingerprint density at radius 2 is 1.74 bits per heavy atom. The van der Waals surface area contributed by atoms with Crippen molar-refractivity contribution >= 4 is 62.6 Å². The molecule has 0 bridgehead atoms. The van der Waals surface area contributed by atoms with E-state index in [1.54, 1.807) is 35.2 Å². The van der Waals surface area contributed by atoms with Gasteiger partial charge in [0, 0.05) is 18.1 Å². The lowest BCUT2D eigenvalue weighted by Gasteiger charge is -2.25. The quantitative estimate of drug-likeness (QED) is 0.416. The molecule has 1 heterocycles. The van der Waals surface area contributed by atoms with Gasteiger partial charge in [0.05, 0.1) is 28.5 Å². The van der Waals surface area contributed by atoms with Gasteiger partial charge in [-0.3, -0.25) is 9.69 Å². The van der Waals surface area contributed by atoms with E-state index in [0.717, 1.165) is 23.3 Å². The van der Waals surface area contributed by atoms with Crippen molar-refractivity contribution < 1.29 is 14.3 Å². The maximum atomic E-state index is 13.6. The van der Waals surface area contributed by atoms with E-state index < -0.39 is 5.97 Å². The molecule has 0 saturated heterocycles. The predicted molar refractivity (Wildman–Crippen MR) is 129 cm³/mol. The van der Waals surface area contributed by atoms with Gasteiger partial charge in [-0.05, 0) is 43.4 Å². The second-order valence-corrected chi connectivity index (χ2v) is 8.07. The summed E-state index contributed by atoms with van der Waals surface area (Å²) in [5.41, 5.74) is 1.31. The van der Waals surface area contributed by atoms with Crippen molar-refractivity contribution in [2.75, 3.05) is 38.2 Å². The van der Waals surface area contributed by atoms with Gasteiger partial charge in [0.25, 0.3) is 5.91 Å². The highest BCUT2D eigenvalue weighted by atomic mass is 35.5. The molecule has 0 aliphatic carbocycles. The number of benzene rings is 2. The van der Waals surface area contributed by atoms with Crippen molar-refractivity contribution in [3.05, 3.63) is 58.6 Å². The normalized spacial score (nSPS) is 10.7. The number of thiazole rings is 1. The van der Waals surface area contributed by atoms with Gasteiger partial charge in [0.15, 0.2) is 5.13 Å². The fraction of sp³-hybridized carbons (Fsp3) is 0.318. The first-order valence-electron chi connectivity index (χ1n) is 9.76. The van der Waals surface area contributed by atoms with Gasteiger partial charge < -0.3 is 9.64 Å². The number of carbonyl (C=O) groups is 2. The van der Waals surface area contributed by atoms with Crippen LogP contribution in [0, 0.1) is 0 Å². The zero-order chi connectivity index (χ0) is 21.7. The molecule has 3 aromatic rings. The van der Waals surface area contributed by atoms with E-state index in [4.69, 9.17) is 16.3 Å². The third kappa shape index (κ3) is 5.74. The molecule has 0 unspecified atom stereocenters. The molecule has 166 valence electrons. The van der Waals surface area contributed by atoms with Crippen molar-refractivity contribution in [3.63, 3.8) is 0 Å². The zero-order valence-electron chi connectivity index (χ0n) is 17.6. The molecule has 1 amide bonds. The molecule has 1 aromatic heterocycles. The van der Waals surface area contributed by atoms with Crippen LogP contribution in [0.25, 0.3) is 10.2 Å². The number of fused-ring (bicyclic) bond motifs is 1. The number of hydrogen-bond acceptors (Lipinski definition) is 6. The third-order valence-electron chi connectivity index (χ3n) is 4.91. The van der Waals surface area contributed by atoms with Crippen LogP contribution in [0.15, 0.2) is 42.5 Å². The first-order valence-corrected chi connectivity index (χ1v) is 11.0. The van der Waals surface area contributed by atoms with Crippen LogP contribution in [0.1, 0.15) is 34.6 Å². The Balaban J connectivity index is 0.00000341. The summed E-state index contributed by atoms with van der Waals surface area (Å²) in [6, 6.07) is 12.1. The number of anilines is 1. The van der Waals surface area contributed by atoms with E-state index in [2.05, 4.69) is 23.7 Å². The minimum atomic E-state index is -0.543. The zero-order valence-corrected chi connectivity index (χ0v) is 20.0. The van der Waals surface area contributed by atoms with Crippen molar-refractivity contribution in [1.29, 1.82) is 0 Å². The van der Waals surface area contributed by atoms with Crippen molar-refractivity contribution in [1.82, 2.24) is 9.88 Å². The Morgan fingerprint density at radius 1 is 1.06 bits per heavy atom. The minimum absolute atomic E-state index is 0. The van der Waals surface area contributed by atoms with E-state index in [9.17, 15) is 9.59 Å². The van der Waals surface area contributed by atoms with E-state index in [1.165, 1.54) is 18.4 Å². The first kappa shape index (κ1) is 25.1. The molecular weight excluding hydrogens is 457 g/mol. The molecule has 9 heteroatoms. The number of aromatic nitrogens is 1. The fourth-order valence-corrected chi connectivity index (χ4v) is 4.44. The van der Waals surface area contributed by atoms with Gasteiger partial charge in [-0.25, -0.2) is 9.78 Å². The van der Waals surface area contributed by atoms with Crippen LogP contribution in [-0.4, -0.2) is 55.0 Å². The number of likely N-dealkylation sites (N-methyl/N-ethyl adjacent to an activating group) is 1. The number of hydrogen-bond donors (Lipinski definition) is 0. The summed E-state index contributed by atoms with van der Waals surface area (Å²) >= 11 is 7.52. The molecule has 2 aromatic carbocycles. The lowest BCUT2D eigenvalue weighted by Crippen LogP contribution is -2.39. The van der Waals surface area contributed by atoms with Crippen LogP contribution in [-0.2, 0) is 4.74 Å². The Morgan fingerprint density at radius 3 is 2.39 bits per heavy atom. The highest BCUT2D eigenvalue weighted by molar-refractivity contribution is 7.22. The predicted octanol–water partition coefficient (Wildman–Crippen LogP) is 5.15. The number of ether oxygens (including phenoxy) is 1. The monoisotopic (exact) mass is 481 g/mol. The van der Waals surface area contributed by atoms with Gasteiger partial charge in [-0.1, -0.05) is 48.9 Å². The molecule has 0 spiro atoms. The van der Waals surface area contributed by atoms with Gasteiger partial charge in [0.1, 0.15) is 0 Å². The Labute approximate surface area is 197 Å². The number of amides is 1. The summed E-state index contributed by atoms with van der Waals surface area (Å²) in [5, 5.41) is 1.19. The number of halogens is 2. The van der Waals surface area contributed by atoms with E-state index in [-0.39, 0.29) is 23.9 Å². The van der Waals surface area contributed by atoms with Gasteiger partial charge in [0.2, 0.25) is 0 Å². The number of rotatable bonds is 8. The number of carbonyl (C=O) groups excluding carboxylic acids is 2. The molecule has 3 rings (SSSR count). The molecular formula is C22H25Cl2N3O3S. The van der Waals surface area contributed by atoms with Gasteiger partial charge in [-0.2, -0.15) is 0 Å². The van der Waals surface area contributed by atoms with Crippen molar-refractivity contribution in [3.8, 4) is 0 Å². The number of methoxy groups -OCH3 is 1. The molecule has 0 aliphatic rings. The fourth-order valence-electron chi connectivity index (χ4n) is 3.17. The second kappa shape index (κ2) is 11.4. The van der Waals surface area contributed by atoms with Crippen molar-refractivity contribution in [2.45, 2.75) is 13.8 Å². The smallest absolute Gasteiger partial charge is 0.338 e. The minimum Gasteiger partial charge on any atom is -0.465 e. The Kier molecular flexibility index (Phi) is 9.25. The van der Waals surface area contributed by atoms with E-state index in [1.807, 2.05) is 12.1 Å². The SMILES string of the molecule is CCN(CC)CCN(C(=O)c1ccccc1C(=O)OC)c1nc2ccc(Cl)cc2s1.Cl. The molecule has 0 atom stereocenters. The molecule has 0 saturated carbocycles. The van der Waals surface area contributed by atoms with Crippen LogP contribution in [0.4, 0.5) is 5.13 Å². The summed E-state index contributed by atoms with van der Waals surface area (Å²) in [7, 11) is 1.30. The van der Waals surface area contributed by atoms with Crippen LogP contribution < -0.4 is 4.90 Å². The Hall–Kier alpha value is -2.19. The lowest BCUT2D eigenvalue weighted by molar-refractivity contribution is 0.0597. The van der Waals surface area contributed by atoms with Crippen molar-refractivity contribution in [2.24, 2.45) is 0 Å². The van der Waals surface area contributed by atoms with Gasteiger partial charge >= 0.3 is 5.97 Å². The van der Waals surface area contributed by atoms with Crippen LogP contribution in [0.5, 0.6) is 0 Å². The van der Waals surface area contributed by atoms with Crippen LogP contribution in [0.3, 0.4) is 0 Å². The maximum absolute atomic E-state index is 13.6. The highest BCUT2D eigenvalue weighted by Crippen LogP contribution is 2.32. The second-order valence-electron chi connectivity index (χ2n) is 6.63. The summed E-state index contributed by atoms with van der Waals surface area (Å²) in [5.74, 6) is -0.827. The molecule has 6 nitrogen and oxygen atoms in total. The summed E-state index contributed by atoms with van der Waals surface area (Å²) in [4.78, 5) is 34.3. The highest BCUT2D eigenvalue weighted by Gasteiger charge is 2.26. The summed E-state index contributed by atoms with van der Waals surface area (Å²) < 4.78 is 5.76. The molecule has 0 radical (unpaired) electrons. The molecule has 31 heavy (non-hydrogen) atoms. The number of nitrogens with zero attached hydrogens (tertiary/aromatic N) is 3. The van der Waals surface area contributed by atoms with Crippen LogP contribution in [0.2, 0.25) is 5.02 Å². The third-order valence-corrected chi connectivity index (χ3v) is 6.19. The average Bonchev–Trinajstić information content (AvgIpc) is 3.18. The number of esters is 1. The molecule has 0 N–H and O–H groups in total. The average molecular weight is 482 g/mol.